The third-order valence-corrected chi connectivity index (χ3v) is 4.54. The zero-order chi connectivity index (χ0) is 15.3. The number of carboxylic acid groups (broad SMARTS) is 1. The average molecular weight is 301 g/mol. The van der Waals surface area contributed by atoms with Gasteiger partial charge in [0, 0.05) is 5.69 Å². The molecule has 2 N–H and O–H groups in total. The third-order valence-electron chi connectivity index (χ3n) is 2.59. The number of carboxylic acids is 1. The molecule has 1 aromatic rings. The molecule has 0 aliphatic heterocycles. The van der Waals surface area contributed by atoms with Gasteiger partial charge < -0.3 is 15.2 Å². The van der Waals surface area contributed by atoms with Crippen LogP contribution in [0.4, 0.5) is 5.69 Å². The van der Waals surface area contributed by atoms with E-state index in [2.05, 4.69) is 5.32 Å². The van der Waals surface area contributed by atoms with E-state index in [1.165, 1.54) is 7.11 Å². The molecular weight excluding hydrogens is 286 g/mol. The maximum absolute atomic E-state index is 11.6. The first-order chi connectivity index (χ1) is 9.26. The summed E-state index contributed by atoms with van der Waals surface area (Å²) in [5.74, 6) is -2.56. The van der Waals surface area contributed by atoms with Crippen LogP contribution in [-0.2, 0) is 19.4 Å². The van der Waals surface area contributed by atoms with Crippen LogP contribution in [-0.4, -0.2) is 43.5 Å². The van der Waals surface area contributed by atoms with Crippen LogP contribution < -0.4 is 10.1 Å². The fourth-order valence-corrected chi connectivity index (χ4v) is 2.33. The zero-order valence-electron chi connectivity index (χ0n) is 11.0. The van der Waals surface area contributed by atoms with E-state index in [0.717, 1.165) is 6.92 Å². The van der Waals surface area contributed by atoms with Crippen molar-refractivity contribution in [2.75, 3.05) is 18.2 Å². The van der Waals surface area contributed by atoms with Crippen LogP contribution in [0.2, 0.25) is 0 Å². The maximum Gasteiger partial charge on any atom is 0.321 e. The van der Waals surface area contributed by atoms with Gasteiger partial charge in [-0.2, -0.15) is 0 Å². The second-order valence-electron chi connectivity index (χ2n) is 4.06. The summed E-state index contributed by atoms with van der Waals surface area (Å²) in [7, 11) is -2.53. The zero-order valence-corrected chi connectivity index (χ0v) is 11.8. The van der Waals surface area contributed by atoms with Crippen LogP contribution in [0.3, 0.4) is 0 Å². The predicted octanol–water partition coefficient (Wildman–Crippen LogP) is 0.522. The Balaban J connectivity index is 2.70. The van der Waals surface area contributed by atoms with Crippen molar-refractivity contribution in [2.45, 2.75) is 12.2 Å². The van der Waals surface area contributed by atoms with Gasteiger partial charge in [0.2, 0.25) is 5.91 Å². The monoisotopic (exact) mass is 301 g/mol. The molecule has 0 bridgehead atoms. The Morgan fingerprint density at radius 3 is 2.30 bits per heavy atom. The molecule has 1 rings (SSSR count). The van der Waals surface area contributed by atoms with Crippen molar-refractivity contribution in [3.8, 4) is 5.75 Å². The maximum atomic E-state index is 11.6. The summed E-state index contributed by atoms with van der Waals surface area (Å²) in [6.45, 7) is 1.03. The van der Waals surface area contributed by atoms with Gasteiger partial charge in [-0.05, 0) is 31.2 Å². The van der Waals surface area contributed by atoms with E-state index in [0.29, 0.717) is 11.4 Å². The summed E-state index contributed by atoms with van der Waals surface area (Å²) in [4.78, 5) is 22.2. The van der Waals surface area contributed by atoms with Gasteiger partial charge in [0.15, 0.2) is 15.1 Å². The molecule has 1 atom stereocenters. The molecule has 0 spiro atoms. The number of rotatable bonds is 6. The summed E-state index contributed by atoms with van der Waals surface area (Å²) in [5, 5.41) is 9.41. The highest BCUT2D eigenvalue weighted by Crippen LogP contribution is 2.15. The SMILES string of the molecule is COc1ccc(NC(=O)CS(=O)(=O)C(C)C(=O)O)cc1. The highest BCUT2D eigenvalue weighted by molar-refractivity contribution is 7.93. The second kappa shape index (κ2) is 6.38. The molecule has 1 aromatic carbocycles. The smallest absolute Gasteiger partial charge is 0.321 e. The Morgan fingerprint density at radius 1 is 1.30 bits per heavy atom. The van der Waals surface area contributed by atoms with Crippen LogP contribution in [0.1, 0.15) is 6.92 Å². The average Bonchev–Trinajstić information content (AvgIpc) is 2.37. The molecular formula is C12H15NO6S. The van der Waals surface area contributed by atoms with Crippen LogP contribution in [0.5, 0.6) is 5.75 Å². The van der Waals surface area contributed by atoms with Crippen LogP contribution >= 0.6 is 0 Å². The molecule has 7 nitrogen and oxygen atoms in total. The molecule has 1 unspecified atom stereocenters. The molecule has 8 heteroatoms. The molecule has 0 radical (unpaired) electrons. The first-order valence-corrected chi connectivity index (χ1v) is 7.36. The summed E-state index contributed by atoms with van der Waals surface area (Å²) < 4.78 is 28.2. The topological polar surface area (TPSA) is 110 Å². The van der Waals surface area contributed by atoms with E-state index >= 15 is 0 Å². The molecule has 0 heterocycles. The number of amides is 1. The standard InChI is InChI=1S/C12H15NO6S/c1-8(12(15)16)20(17,18)7-11(14)13-9-3-5-10(19-2)6-4-9/h3-6,8H,7H2,1-2H3,(H,13,14)(H,15,16). The number of methoxy groups -OCH3 is 1. The van der Waals surface area contributed by atoms with E-state index in [1.54, 1.807) is 24.3 Å². The van der Waals surface area contributed by atoms with Crippen molar-refractivity contribution in [1.82, 2.24) is 0 Å². The Bertz CT molecular complexity index is 593. The van der Waals surface area contributed by atoms with Gasteiger partial charge in [-0.3, -0.25) is 9.59 Å². The van der Waals surface area contributed by atoms with Crippen molar-refractivity contribution in [3.63, 3.8) is 0 Å². The molecule has 110 valence electrons. The van der Waals surface area contributed by atoms with Crippen molar-refractivity contribution in [2.24, 2.45) is 0 Å². The van der Waals surface area contributed by atoms with Gasteiger partial charge in [-0.1, -0.05) is 0 Å². The minimum absolute atomic E-state index is 0.397. The van der Waals surface area contributed by atoms with E-state index < -0.39 is 32.7 Å². The third kappa shape index (κ3) is 4.23. The van der Waals surface area contributed by atoms with Gasteiger partial charge >= 0.3 is 5.97 Å². The Morgan fingerprint density at radius 2 is 1.85 bits per heavy atom. The number of aliphatic carboxylic acids is 1. The van der Waals surface area contributed by atoms with E-state index in [-0.39, 0.29) is 0 Å². The number of carbonyl (C=O) groups is 2. The quantitative estimate of drug-likeness (QED) is 0.792. The number of sulfone groups is 1. The number of hydrogen-bond acceptors (Lipinski definition) is 5. The lowest BCUT2D eigenvalue weighted by Gasteiger charge is -2.09. The second-order valence-corrected chi connectivity index (χ2v) is 6.39. The van der Waals surface area contributed by atoms with Gasteiger partial charge in [0.1, 0.15) is 11.5 Å². The summed E-state index contributed by atoms with van der Waals surface area (Å²) in [6.07, 6.45) is 0. The van der Waals surface area contributed by atoms with Crippen LogP contribution in [0, 0.1) is 0 Å². The number of hydrogen-bond donors (Lipinski definition) is 2. The Hall–Kier alpha value is -2.09. The summed E-state index contributed by atoms with van der Waals surface area (Å²) in [5.41, 5.74) is 0.397. The minimum atomic E-state index is -4.03. The number of benzene rings is 1. The molecule has 0 aliphatic rings. The van der Waals surface area contributed by atoms with Crippen molar-refractivity contribution >= 4 is 27.4 Å². The number of anilines is 1. The fourth-order valence-electron chi connectivity index (χ4n) is 1.33. The predicted molar refractivity (Wildman–Crippen MR) is 72.5 cm³/mol. The van der Waals surface area contributed by atoms with Crippen LogP contribution in [0.25, 0.3) is 0 Å². The van der Waals surface area contributed by atoms with Gasteiger partial charge in [0.05, 0.1) is 7.11 Å². The lowest BCUT2D eigenvalue weighted by atomic mass is 10.3. The van der Waals surface area contributed by atoms with Crippen molar-refractivity contribution in [1.29, 1.82) is 0 Å². The Kier molecular flexibility index (Phi) is 5.09. The molecule has 0 fully saturated rings. The molecule has 1 amide bonds. The van der Waals surface area contributed by atoms with Gasteiger partial charge in [-0.15, -0.1) is 0 Å². The lowest BCUT2D eigenvalue weighted by molar-refractivity contribution is -0.136. The Labute approximate surface area is 116 Å². The first kappa shape index (κ1) is 16.0. The molecule has 0 aliphatic carbocycles. The highest BCUT2D eigenvalue weighted by Gasteiger charge is 2.29. The minimum Gasteiger partial charge on any atom is -0.497 e. The van der Waals surface area contributed by atoms with Crippen molar-refractivity contribution < 1.29 is 27.9 Å². The van der Waals surface area contributed by atoms with Gasteiger partial charge in [-0.25, -0.2) is 8.42 Å². The lowest BCUT2D eigenvalue weighted by Crippen LogP contribution is -2.34. The highest BCUT2D eigenvalue weighted by atomic mass is 32.2. The van der Waals surface area contributed by atoms with Crippen molar-refractivity contribution in [3.05, 3.63) is 24.3 Å². The van der Waals surface area contributed by atoms with Gasteiger partial charge in [0.25, 0.3) is 0 Å². The molecule has 0 aromatic heterocycles. The molecule has 0 saturated carbocycles. The van der Waals surface area contributed by atoms with Crippen LogP contribution in [0.15, 0.2) is 24.3 Å². The fraction of sp³-hybridized carbons (Fsp3) is 0.333. The largest absolute Gasteiger partial charge is 0.497 e. The van der Waals surface area contributed by atoms with E-state index in [9.17, 15) is 18.0 Å². The van der Waals surface area contributed by atoms with E-state index in [4.69, 9.17) is 9.84 Å². The summed E-state index contributed by atoms with van der Waals surface area (Å²) in [6, 6.07) is 6.29. The molecule has 0 saturated heterocycles. The van der Waals surface area contributed by atoms with E-state index in [1.807, 2.05) is 0 Å². The number of nitrogens with one attached hydrogen (secondary N) is 1. The summed E-state index contributed by atoms with van der Waals surface area (Å²) >= 11 is 0. The normalized spacial score (nSPS) is 12.5. The number of carbonyl (C=O) groups excluding carboxylic acids is 1. The first-order valence-electron chi connectivity index (χ1n) is 5.64. The number of ether oxygens (including phenoxy) is 1. The molecule has 20 heavy (non-hydrogen) atoms.